The molecule has 1 aromatic heterocycles. The van der Waals surface area contributed by atoms with Crippen molar-refractivity contribution in [2.45, 2.75) is 12.8 Å². The highest BCUT2D eigenvalue weighted by molar-refractivity contribution is 6.29. The van der Waals surface area contributed by atoms with E-state index in [1.807, 2.05) is 0 Å². The first-order valence-electron chi connectivity index (χ1n) is 5.04. The molecule has 0 saturated heterocycles. The quantitative estimate of drug-likeness (QED) is 0.586. The number of carbonyl (C=O) groups excluding carboxylic acids is 1. The van der Waals surface area contributed by atoms with Crippen LogP contribution in [0.2, 0.25) is 5.15 Å². The van der Waals surface area contributed by atoms with Gasteiger partial charge < -0.3 is 9.64 Å². The van der Waals surface area contributed by atoms with Crippen molar-refractivity contribution in [3.8, 4) is 5.75 Å². The summed E-state index contributed by atoms with van der Waals surface area (Å²) < 4.78 is 5.40. The van der Waals surface area contributed by atoms with Crippen molar-refractivity contribution in [2.75, 3.05) is 20.7 Å². The summed E-state index contributed by atoms with van der Waals surface area (Å²) in [7, 11) is 3.48. The number of nitrogens with zero attached hydrogens (tertiary/aromatic N) is 2. The van der Waals surface area contributed by atoms with Crippen molar-refractivity contribution < 1.29 is 9.53 Å². The van der Waals surface area contributed by atoms with E-state index in [-0.39, 0.29) is 5.91 Å². The van der Waals surface area contributed by atoms with Gasteiger partial charge in [0.25, 0.3) is 0 Å². The van der Waals surface area contributed by atoms with Gasteiger partial charge in [-0.1, -0.05) is 11.6 Å². The van der Waals surface area contributed by atoms with Gasteiger partial charge in [-0.05, 0) is 18.6 Å². The molecule has 0 aromatic carbocycles. The summed E-state index contributed by atoms with van der Waals surface area (Å²) in [6.45, 7) is 0.503. The number of carbonyl (C=O) groups is 1. The van der Waals surface area contributed by atoms with Crippen LogP contribution in [0.15, 0.2) is 18.3 Å². The Bertz CT molecular complexity index is 338. The fourth-order valence-corrected chi connectivity index (χ4v) is 1.20. The lowest BCUT2D eigenvalue weighted by molar-refractivity contribution is -0.128. The molecule has 0 unspecified atom stereocenters. The van der Waals surface area contributed by atoms with E-state index in [1.54, 1.807) is 37.3 Å². The number of hydrogen-bond donors (Lipinski definition) is 0. The minimum Gasteiger partial charge on any atom is -0.492 e. The van der Waals surface area contributed by atoms with Gasteiger partial charge >= 0.3 is 0 Å². The fraction of sp³-hybridized carbons (Fsp3) is 0.455. The highest BCUT2D eigenvalue weighted by atomic mass is 35.5. The maximum Gasteiger partial charge on any atom is 0.222 e. The maximum absolute atomic E-state index is 11.2. The Kier molecular flexibility index (Phi) is 5.05. The molecular formula is C11H15ClN2O2. The Morgan fingerprint density at radius 3 is 2.81 bits per heavy atom. The number of rotatable bonds is 5. The van der Waals surface area contributed by atoms with E-state index in [9.17, 15) is 4.79 Å². The molecule has 0 spiro atoms. The molecular weight excluding hydrogens is 228 g/mol. The zero-order chi connectivity index (χ0) is 12.0. The summed E-state index contributed by atoms with van der Waals surface area (Å²) in [6.07, 6.45) is 2.75. The number of amides is 1. The third-order valence-corrected chi connectivity index (χ3v) is 2.23. The van der Waals surface area contributed by atoms with Gasteiger partial charge in [0.2, 0.25) is 5.91 Å². The zero-order valence-electron chi connectivity index (χ0n) is 9.44. The third-order valence-electron chi connectivity index (χ3n) is 2.00. The minimum atomic E-state index is 0.109. The predicted molar refractivity (Wildman–Crippen MR) is 62.7 cm³/mol. The fourth-order valence-electron chi connectivity index (χ4n) is 1.08. The summed E-state index contributed by atoms with van der Waals surface area (Å²) in [4.78, 5) is 16.7. The molecule has 0 radical (unpaired) electrons. The molecule has 1 heterocycles. The second-order valence-corrected chi connectivity index (χ2v) is 3.94. The number of ether oxygens (including phenoxy) is 1. The van der Waals surface area contributed by atoms with Crippen LogP contribution < -0.4 is 4.74 Å². The second-order valence-electron chi connectivity index (χ2n) is 3.56. The second kappa shape index (κ2) is 6.33. The van der Waals surface area contributed by atoms with Gasteiger partial charge in [0, 0.05) is 20.5 Å². The van der Waals surface area contributed by atoms with Gasteiger partial charge in [0.15, 0.2) is 0 Å². The Morgan fingerprint density at radius 1 is 1.50 bits per heavy atom. The Morgan fingerprint density at radius 2 is 2.25 bits per heavy atom. The molecule has 1 amide bonds. The minimum absolute atomic E-state index is 0.109. The van der Waals surface area contributed by atoms with E-state index in [1.165, 1.54) is 0 Å². The molecule has 1 aromatic rings. The van der Waals surface area contributed by atoms with E-state index in [0.29, 0.717) is 30.4 Å². The van der Waals surface area contributed by atoms with Crippen molar-refractivity contribution in [3.63, 3.8) is 0 Å². The van der Waals surface area contributed by atoms with Gasteiger partial charge in [-0.25, -0.2) is 4.98 Å². The zero-order valence-corrected chi connectivity index (χ0v) is 10.2. The van der Waals surface area contributed by atoms with Crippen LogP contribution >= 0.6 is 11.6 Å². The maximum atomic E-state index is 11.2. The molecule has 1 rings (SSSR count). The summed E-state index contributed by atoms with van der Waals surface area (Å²) in [6, 6.07) is 3.42. The molecule has 0 aliphatic heterocycles. The highest BCUT2D eigenvalue weighted by Crippen LogP contribution is 2.12. The smallest absolute Gasteiger partial charge is 0.222 e. The Hall–Kier alpha value is -1.29. The summed E-state index contributed by atoms with van der Waals surface area (Å²) in [5, 5.41) is 0.440. The van der Waals surface area contributed by atoms with Crippen molar-refractivity contribution in [2.24, 2.45) is 0 Å². The Labute approximate surface area is 100 Å². The van der Waals surface area contributed by atoms with Crippen molar-refractivity contribution in [3.05, 3.63) is 23.5 Å². The number of hydrogen-bond acceptors (Lipinski definition) is 3. The average molecular weight is 243 g/mol. The van der Waals surface area contributed by atoms with E-state index < -0.39 is 0 Å². The normalized spacial score (nSPS) is 9.94. The third kappa shape index (κ3) is 4.49. The van der Waals surface area contributed by atoms with Crippen LogP contribution in [0, 0.1) is 0 Å². The standard InChI is InChI=1S/C11H15ClN2O2/c1-14(2)11(15)4-3-7-16-9-5-6-10(12)13-8-9/h5-6,8H,3-4,7H2,1-2H3. The van der Waals surface area contributed by atoms with Gasteiger partial charge in [-0.3, -0.25) is 4.79 Å². The predicted octanol–water partition coefficient (Wildman–Crippen LogP) is 1.98. The largest absolute Gasteiger partial charge is 0.492 e. The topological polar surface area (TPSA) is 42.4 Å². The first-order valence-corrected chi connectivity index (χ1v) is 5.42. The summed E-state index contributed by atoms with van der Waals surface area (Å²) >= 11 is 5.63. The van der Waals surface area contributed by atoms with Gasteiger partial charge in [0.05, 0.1) is 12.8 Å². The molecule has 0 aliphatic rings. The molecule has 88 valence electrons. The molecule has 4 nitrogen and oxygen atoms in total. The lowest BCUT2D eigenvalue weighted by atomic mass is 10.3. The Balaban J connectivity index is 2.21. The summed E-state index contributed by atoms with van der Waals surface area (Å²) in [5.41, 5.74) is 0. The molecule has 0 saturated carbocycles. The number of pyridine rings is 1. The monoisotopic (exact) mass is 242 g/mol. The van der Waals surface area contributed by atoms with Crippen LogP contribution in [0.3, 0.4) is 0 Å². The highest BCUT2D eigenvalue weighted by Gasteiger charge is 2.03. The van der Waals surface area contributed by atoms with Crippen LogP contribution in [0.5, 0.6) is 5.75 Å². The SMILES string of the molecule is CN(C)C(=O)CCCOc1ccc(Cl)nc1. The van der Waals surface area contributed by atoms with Crippen LogP contribution in [0.1, 0.15) is 12.8 Å². The van der Waals surface area contributed by atoms with Gasteiger partial charge in [-0.15, -0.1) is 0 Å². The molecule has 5 heteroatoms. The van der Waals surface area contributed by atoms with E-state index in [0.717, 1.165) is 0 Å². The van der Waals surface area contributed by atoms with Crippen molar-refractivity contribution in [1.82, 2.24) is 9.88 Å². The first kappa shape index (κ1) is 12.8. The molecule has 0 aliphatic carbocycles. The van der Waals surface area contributed by atoms with Gasteiger partial charge in [0.1, 0.15) is 10.9 Å². The number of halogens is 1. The number of aromatic nitrogens is 1. The average Bonchev–Trinajstić information content (AvgIpc) is 2.26. The van der Waals surface area contributed by atoms with Crippen LogP contribution in [0.25, 0.3) is 0 Å². The van der Waals surface area contributed by atoms with E-state index in [4.69, 9.17) is 16.3 Å². The summed E-state index contributed by atoms with van der Waals surface area (Å²) in [5.74, 6) is 0.777. The van der Waals surface area contributed by atoms with Crippen molar-refractivity contribution in [1.29, 1.82) is 0 Å². The van der Waals surface area contributed by atoms with Crippen LogP contribution in [-0.2, 0) is 4.79 Å². The van der Waals surface area contributed by atoms with Crippen LogP contribution in [0.4, 0.5) is 0 Å². The molecule has 0 fully saturated rings. The molecule has 0 bridgehead atoms. The van der Waals surface area contributed by atoms with Gasteiger partial charge in [-0.2, -0.15) is 0 Å². The lowest BCUT2D eigenvalue weighted by Crippen LogP contribution is -2.21. The molecule has 16 heavy (non-hydrogen) atoms. The van der Waals surface area contributed by atoms with E-state index >= 15 is 0 Å². The first-order chi connectivity index (χ1) is 7.59. The van der Waals surface area contributed by atoms with Crippen molar-refractivity contribution >= 4 is 17.5 Å². The van der Waals surface area contributed by atoms with E-state index in [2.05, 4.69) is 4.98 Å². The molecule has 0 N–H and O–H groups in total. The molecule has 0 atom stereocenters. The van der Waals surface area contributed by atoms with Crippen LogP contribution in [-0.4, -0.2) is 36.5 Å². The lowest BCUT2D eigenvalue weighted by Gasteiger charge is -2.10.